The average molecular weight is 409 g/mol. The molecule has 0 spiro atoms. The van der Waals surface area contributed by atoms with Crippen LogP contribution in [0.4, 0.5) is 4.79 Å². The van der Waals surface area contributed by atoms with Gasteiger partial charge in [0.25, 0.3) is 11.8 Å². The number of carbonyl (C=O) groups is 3. The van der Waals surface area contributed by atoms with Crippen LogP contribution in [-0.2, 0) is 24.3 Å². The van der Waals surface area contributed by atoms with Crippen LogP contribution in [0.15, 0.2) is 0 Å². The van der Waals surface area contributed by atoms with E-state index in [9.17, 15) is 22.8 Å². The van der Waals surface area contributed by atoms with Gasteiger partial charge in [0.1, 0.15) is 6.04 Å². The lowest BCUT2D eigenvalue weighted by atomic mass is 10.1. The van der Waals surface area contributed by atoms with Crippen LogP contribution in [0.2, 0.25) is 0 Å². The van der Waals surface area contributed by atoms with Gasteiger partial charge in [0, 0.05) is 6.54 Å². The van der Waals surface area contributed by atoms with E-state index in [0.29, 0.717) is 6.42 Å². The van der Waals surface area contributed by atoms with Gasteiger partial charge in [-0.3, -0.25) is 29.9 Å². The van der Waals surface area contributed by atoms with E-state index in [4.69, 9.17) is 4.55 Å². The summed E-state index contributed by atoms with van der Waals surface area (Å²) in [5.74, 6) is -1.00. The zero-order valence-electron chi connectivity index (χ0n) is 15.4. The number of hydrazine groups is 1. The molecule has 0 aromatic carbocycles. The van der Waals surface area contributed by atoms with Crippen molar-refractivity contribution in [1.29, 1.82) is 0 Å². The lowest BCUT2D eigenvalue weighted by molar-refractivity contribution is -0.132. The molecule has 0 unspecified atom stereocenters. The predicted molar refractivity (Wildman–Crippen MR) is 94.2 cm³/mol. The van der Waals surface area contributed by atoms with Crippen LogP contribution in [-0.4, -0.2) is 72.8 Å². The molecule has 0 aromatic heterocycles. The van der Waals surface area contributed by atoms with Crippen molar-refractivity contribution in [2.45, 2.75) is 45.6 Å². The molecule has 4 amide bonds. The van der Waals surface area contributed by atoms with Crippen LogP contribution in [0, 0.1) is 0 Å². The van der Waals surface area contributed by atoms with E-state index >= 15 is 0 Å². The molecule has 12 nitrogen and oxygen atoms in total. The Morgan fingerprint density at radius 1 is 1.19 bits per heavy atom. The van der Waals surface area contributed by atoms with Gasteiger partial charge < -0.3 is 4.90 Å². The fraction of sp³-hybridized carbons (Fsp3) is 0.786. The van der Waals surface area contributed by atoms with Crippen molar-refractivity contribution in [2.24, 2.45) is 0 Å². The minimum atomic E-state index is -4.87. The molecule has 0 aromatic rings. The van der Waals surface area contributed by atoms with Gasteiger partial charge in [-0.05, 0) is 39.3 Å². The van der Waals surface area contributed by atoms with E-state index < -0.39 is 28.4 Å². The molecule has 27 heavy (non-hydrogen) atoms. The van der Waals surface area contributed by atoms with Crippen LogP contribution < -0.4 is 16.3 Å². The number of nitrogens with zero attached hydrogens (tertiary/aromatic N) is 2. The molecular weight excluding hydrogens is 382 g/mol. The molecule has 1 aliphatic heterocycles. The van der Waals surface area contributed by atoms with Crippen molar-refractivity contribution < 1.29 is 31.6 Å². The van der Waals surface area contributed by atoms with E-state index in [1.165, 1.54) is 0 Å². The van der Waals surface area contributed by atoms with Crippen LogP contribution in [0.1, 0.15) is 39.5 Å². The van der Waals surface area contributed by atoms with Crippen molar-refractivity contribution in [1.82, 2.24) is 26.1 Å². The standard InChI is InChI=1S/C14H27N5O7S/c1-3-7-11(19(4-2)14(22)17-26-27(23,24)25)13(21)16-15-12(20)10-18-8-5-6-9-18/h11H,3-10H2,1-2H3,(H,15,20)(H,16,21)(H,17,22)(H,23,24,25)/t11-/m0/s1. The number of hydroxylamine groups is 1. The van der Waals surface area contributed by atoms with Gasteiger partial charge in [-0.15, -0.1) is 4.28 Å². The number of hydrogen-bond donors (Lipinski definition) is 4. The summed E-state index contributed by atoms with van der Waals surface area (Å²) in [5, 5.41) is 0. The summed E-state index contributed by atoms with van der Waals surface area (Å²) in [5.41, 5.74) is 6.16. The highest BCUT2D eigenvalue weighted by Crippen LogP contribution is 2.09. The van der Waals surface area contributed by atoms with Crippen molar-refractivity contribution >= 4 is 28.2 Å². The number of urea groups is 1. The highest BCUT2D eigenvalue weighted by molar-refractivity contribution is 7.80. The number of amides is 4. The predicted octanol–water partition coefficient (Wildman–Crippen LogP) is -0.836. The summed E-state index contributed by atoms with van der Waals surface area (Å²) in [6, 6.07) is -2.00. The number of likely N-dealkylation sites (tertiary alicyclic amines) is 1. The molecule has 4 N–H and O–H groups in total. The first kappa shape index (κ1) is 23.1. The summed E-state index contributed by atoms with van der Waals surface area (Å²) >= 11 is 0. The molecule has 1 aliphatic rings. The molecule has 1 heterocycles. The van der Waals surface area contributed by atoms with Crippen LogP contribution in [0.25, 0.3) is 0 Å². The first-order valence-corrected chi connectivity index (χ1v) is 10.1. The van der Waals surface area contributed by atoms with Gasteiger partial charge in [-0.25, -0.2) is 4.79 Å². The Kier molecular flexibility index (Phi) is 9.41. The Bertz CT molecular complexity index is 621. The summed E-state index contributed by atoms with van der Waals surface area (Å²) in [6.07, 6.45) is 2.87. The monoisotopic (exact) mass is 409 g/mol. The fourth-order valence-corrected chi connectivity index (χ4v) is 2.93. The van der Waals surface area contributed by atoms with E-state index in [1.54, 1.807) is 19.3 Å². The van der Waals surface area contributed by atoms with Gasteiger partial charge in [-0.1, -0.05) is 13.3 Å². The first-order valence-electron chi connectivity index (χ1n) is 8.71. The van der Waals surface area contributed by atoms with Gasteiger partial charge in [-0.2, -0.15) is 13.9 Å². The molecule has 13 heteroatoms. The van der Waals surface area contributed by atoms with Crippen molar-refractivity contribution in [3.8, 4) is 0 Å². The smallest absolute Gasteiger partial charge is 0.311 e. The largest absolute Gasteiger partial charge is 0.418 e. The minimum absolute atomic E-state index is 0.0560. The number of carbonyl (C=O) groups excluding carboxylic acids is 3. The SMILES string of the molecule is CCC[C@@H](C(=O)NNC(=O)CN1CCCC1)N(CC)C(=O)NOS(=O)(=O)O. The molecule has 0 bridgehead atoms. The third-order valence-corrected chi connectivity index (χ3v) is 4.26. The highest BCUT2D eigenvalue weighted by Gasteiger charge is 2.29. The molecule has 1 atom stereocenters. The van der Waals surface area contributed by atoms with E-state index in [0.717, 1.165) is 30.8 Å². The molecule has 0 radical (unpaired) electrons. The Hall–Kier alpha value is -1.96. The molecular formula is C14H27N5O7S. The Balaban J connectivity index is 2.62. The second-order valence-electron chi connectivity index (χ2n) is 6.03. The normalized spacial score (nSPS) is 15.8. The highest BCUT2D eigenvalue weighted by atomic mass is 32.3. The summed E-state index contributed by atoms with van der Waals surface area (Å²) in [4.78, 5) is 39.3. The summed E-state index contributed by atoms with van der Waals surface area (Å²) in [6.45, 7) is 5.26. The fourth-order valence-electron chi connectivity index (χ4n) is 2.75. The maximum atomic E-state index is 12.4. The van der Waals surface area contributed by atoms with Gasteiger partial charge in [0.05, 0.1) is 6.54 Å². The van der Waals surface area contributed by atoms with E-state index in [2.05, 4.69) is 15.1 Å². The third-order valence-electron chi connectivity index (χ3n) is 3.97. The maximum Gasteiger partial charge on any atom is 0.418 e. The molecule has 0 aliphatic carbocycles. The third kappa shape index (κ3) is 8.51. The second kappa shape index (κ2) is 11.0. The van der Waals surface area contributed by atoms with Crippen LogP contribution in [0.3, 0.4) is 0 Å². The quantitative estimate of drug-likeness (QED) is 0.284. The number of likely N-dealkylation sites (N-methyl/N-ethyl adjacent to an activating group) is 1. The number of nitrogens with one attached hydrogen (secondary N) is 3. The molecule has 1 rings (SSSR count). The van der Waals surface area contributed by atoms with Crippen molar-refractivity contribution in [3.05, 3.63) is 0 Å². The molecule has 1 saturated heterocycles. The minimum Gasteiger partial charge on any atom is -0.311 e. The van der Waals surface area contributed by atoms with Crippen LogP contribution in [0.5, 0.6) is 0 Å². The summed E-state index contributed by atoms with van der Waals surface area (Å²) in [7, 11) is -4.87. The lowest BCUT2D eigenvalue weighted by Gasteiger charge is -2.29. The topological polar surface area (TPSA) is 157 Å². The number of hydrogen-bond acceptors (Lipinski definition) is 7. The number of rotatable bonds is 9. The Morgan fingerprint density at radius 3 is 2.33 bits per heavy atom. The molecule has 156 valence electrons. The lowest BCUT2D eigenvalue weighted by Crippen LogP contribution is -2.56. The van der Waals surface area contributed by atoms with Gasteiger partial charge in [0.2, 0.25) is 0 Å². The zero-order valence-corrected chi connectivity index (χ0v) is 16.3. The average Bonchev–Trinajstić information content (AvgIpc) is 3.10. The van der Waals surface area contributed by atoms with Crippen molar-refractivity contribution in [2.75, 3.05) is 26.2 Å². The van der Waals surface area contributed by atoms with E-state index in [-0.39, 0.29) is 25.4 Å². The Morgan fingerprint density at radius 2 is 1.81 bits per heavy atom. The van der Waals surface area contributed by atoms with Gasteiger partial charge in [0.15, 0.2) is 0 Å². The van der Waals surface area contributed by atoms with E-state index in [1.807, 2.05) is 4.90 Å². The molecule has 0 saturated carbocycles. The maximum absolute atomic E-state index is 12.4. The Labute approximate surface area is 158 Å². The van der Waals surface area contributed by atoms with Gasteiger partial charge >= 0.3 is 16.4 Å². The van der Waals surface area contributed by atoms with Crippen molar-refractivity contribution in [3.63, 3.8) is 0 Å². The summed E-state index contributed by atoms with van der Waals surface area (Å²) < 4.78 is 33.5. The van der Waals surface area contributed by atoms with Crippen LogP contribution >= 0.6 is 0 Å². The first-order chi connectivity index (χ1) is 12.7. The zero-order chi connectivity index (χ0) is 20.4. The second-order valence-corrected chi connectivity index (χ2v) is 7.05. The molecule has 1 fully saturated rings.